The van der Waals surface area contributed by atoms with E-state index < -0.39 is 0 Å². The van der Waals surface area contributed by atoms with Gasteiger partial charge in [-0.15, -0.1) is 0 Å². The Bertz CT molecular complexity index is 2190. The van der Waals surface area contributed by atoms with E-state index in [-0.39, 0.29) is 11.9 Å². The van der Waals surface area contributed by atoms with Crippen molar-refractivity contribution in [2.24, 2.45) is 0 Å². The lowest BCUT2D eigenvalue weighted by Crippen LogP contribution is -2.12. The second-order valence-electron chi connectivity index (χ2n) is 11.6. The summed E-state index contributed by atoms with van der Waals surface area (Å²) in [6.07, 6.45) is 6.56. The number of rotatable bonds is 12. The van der Waals surface area contributed by atoms with Crippen LogP contribution in [0.5, 0.6) is 0 Å². The fourth-order valence-electron chi connectivity index (χ4n) is 5.22. The molecule has 4 aromatic heterocycles. The lowest BCUT2D eigenvalue weighted by atomic mass is 10.0. The van der Waals surface area contributed by atoms with Crippen molar-refractivity contribution in [2.75, 3.05) is 45.1 Å². The molecule has 1 amide bonds. The number of methoxy groups -OCH3 is 2. The zero-order chi connectivity index (χ0) is 37.4. The van der Waals surface area contributed by atoms with E-state index in [0.717, 1.165) is 22.3 Å². The van der Waals surface area contributed by atoms with Gasteiger partial charge in [-0.2, -0.15) is 15.3 Å². The third-order valence-corrected chi connectivity index (χ3v) is 8.33. The number of esters is 1. The number of nitrogen functional groups attached to an aromatic ring is 1. The molecule has 0 fully saturated rings. The van der Waals surface area contributed by atoms with Crippen molar-refractivity contribution in [1.82, 2.24) is 34.2 Å². The molecule has 2 aromatic carbocycles. The molecule has 0 spiro atoms. The summed E-state index contributed by atoms with van der Waals surface area (Å²) in [5.41, 5.74) is 12.2. The lowest BCUT2D eigenvalue weighted by Gasteiger charge is -2.07. The number of halogens is 2. The van der Waals surface area contributed by atoms with Crippen LogP contribution in [0.15, 0.2) is 67.3 Å². The second kappa shape index (κ2) is 17.3. The number of hydrogen-bond donors (Lipinski definition) is 2. The molecule has 272 valence electrons. The van der Waals surface area contributed by atoms with Crippen LogP contribution in [-0.2, 0) is 27.3 Å². The number of ether oxygens (including phenoxy) is 3. The molecule has 4 heterocycles. The van der Waals surface area contributed by atoms with E-state index in [1.807, 2.05) is 50.2 Å². The standard InChI is InChI=1S/C20H20ClN7O2.C16H19ClN2O3/c1-12-3-4-13(21)9-14(12)18-16(11-27(26-18)7-8-30-2)24-20(29)15-10-23-28-6-5-17(22)25-19(15)28;1-4-22-16(20)14-10-19(7-8-21-3)18-15(14)13-9-12(17)6-5-11(13)2/h3-6,9-11H,7-8H2,1-2H3,(H2,22,25)(H,24,29);5-6,9-10H,4,7-8H2,1-3H3. The lowest BCUT2D eigenvalue weighted by molar-refractivity contribution is 0.0527. The normalized spacial score (nSPS) is 11.0. The largest absolute Gasteiger partial charge is 0.462 e. The number of anilines is 2. The molecule has 0 saturated carbocycles. The Morgan fingerprint density at radius 1 is 0.846 bits per heavy atom. The number of nitrogens with two attached hydrogens (primary N) is 1. The number of carbonyl (C=O) groups is 2. The van der Waals surface area contributed by atoms with Crippen molar-refractivity contribution in [3.63, 3.8) is 0 Å². The fraction of sp³-hybridized carbons (Fsp3) is 0.278. The van der Waals surface area contributed by atoms with Crippen molar-refractivity contribution in [3.8, 4) is 22.5 Å². The van der Waals surface area contributed by atoms with Crippen molar-refractivity contribution in [2.45, 2.75) is 33.9 Å². The Labute approximate surface area is 310 Å². The van der Waals surface area contributed by atoms with E-state index in [0.29, 0.717) is 82.6 Å². The molecule has 0 aliphatic heterocycles. The van der Waals surface area contributed by atoms with Crippen molar-refractivity contribution in [3.05, 3.63) is 99.6 Å². The van der Waals surface area contributed by atoms with E-state index in [1.165, 1.54) is 10.7 Å². The second-order valence-corrected chi connectivity index (χ2v) is 12.4. The average molecular weight is 749 g/mol. The van der Waals surface area contributed by atoms with E-state index >= 15 is 0 Å². The monoisotopic (exact) mass is 747 g/mol. The van der Waals surface area contributed by atoms with E-state index in [4.69, 9.17) is 43.1 Å². The van der Waals surface area contributed by atoms with E-state index in [1.54, 1.807) is 55.2 Å². The Balaban J connectivity index is 0.000000212. The van der Waals surface area contributed by atoms with Crippen LogP contribution in [0, 0.1) is 13.8 Å². The van der Waals surface area contributed by atoms with E-state index in [9.17, 15) is 9.59 Å². The van der Waals surface area contributed by atoms with Crippen LogP contribution in [-0.4, -0.2) is 80.1 Å². The van der Waals surface area contributed by atoms with Gasteiger partial charge in [0.1, 0.15) is 28.3 Å². The minimum Gasteiger partial charge on any atom is -0.462 e. The quantitative estimate of drug-likeness (QED) is 0.134. The minimum absolute atomic E-state index is 0.305. The maximum atomic E-state index is 13.0. The van der Waals surface area contributed by atoms with Crippen molar-refractivity contribution in [1.29, 1.82) is 0 Å². The summed E-state index contributed by atoms with van der Waals surface area (Å²) in [6, 6.07) is 12.7. The van der Waals surface area contributed by atoms with Gasteiger partial charge in [0, 0.05) is 54.0 Å². The van der Waals surface area contributed by atoms with Gasteiger partial charge in [0.05, 0.1) is 44.8 Å². The van der Waals surface area contributed by atoms with Gasteiger partial charge < -0.3 is 25.3 Å². The van der Waals surface area contributed by atoms with Crippen LogP contribution in [0.2, 0.25) is 10.0 Å². The molecule has 0 aliphatic carbocycles. The van der Waals surface area contributed by atoms with Gasteiger partial charge >= 0.3 is 5.97 Å². The van der Waals surface area contributed by atoms with Crippen molar-refractivity contribution >= 4 is 52.2 Å². The summed E-state index contributed by atoms with van der Waals surface area (Å²) in [6.45, 7) is 8.10. The zero-order valence-corrected chi connectivity index (χ0v) is 30.9. The molecular weight excluding hydrogens is 709 g/mol. The fourth-order valence-corrected chi connectivity index (χ4v) is 5.56. The van der Waals surface area contributed by atoms with Crippen LogP contribution < -0.4 is 11.1 Å². The number of benzene rings is 2. The Morgan fingerprint density at radius 2 is 1.44 bits per heavy atom. The predicted octanol–water partition coefficient (Wildman–Crippen LogP) is 6.37. The van der Waals surface area contributed by atoms with Gasteiger partial charge in [0.15, 0.2) is 5.65 Å². The average Bonchev–Trinajstić information content (AvgIpc) is 3.86. The number of aromatic nitrogens is 7. The zero-order valence-electron chi connectivity index (χ0n) is 29.4. The Hall–Kier alpha value is -5.28. The third kappa shape index (κ3) is 8.95. The number of aryl methyl sites for hydroxylation is 2. The molecule has 16 heteroatoms. The maximum absolute atomic E-state index is 13.0. The first kappa shape index (κ1) is 38.0. The summed E-state index contributed by atoms with van der Waals surface area (Å²) in [5, 5.41) is 17.4. The van der Waals surface area contributed by atoms with E-state index in [2.05, 4.69) is 25.6 Å². The summed E-state index contributed by atoms with van der Waals surface area (Å²) in [4.78, 5) is 29.4. The number of carbonyl (C=O) groups excluding carboxylic acids is 2. The molecule has 52 heavy (non-hydrogen) atoms. The number of fused-ring (bicyclic) bond motifs is 1. The topological polar surface area (TPSA) is 166 Å². The van der Waals surface area contributed by atoms with Gasteiger partial charge in [-0.3, -0.25) is 14.2 Å². The summed E-state index contributed by atoms with van der Waals surface area (Å²) >= 11 is 12.3. The third-order valence-electron chi connectivity index (χ3n) is 7.86. The first-order chi connectivity index (χ1) is 25.0. The molecule has 0 radical (unpaired) electrons. The summed E-state index contributed by atoms with van der Waals surface area (Å²) in [7, 11) is 3.25. The summed E-state index contributed by atoms with van der Waals surface area (Å²) < 4.78 is 20.2. The highest BCUT2D eigenvalue weighted by atomic mass is 35.5. The van der Waals surface area contributed by atoms with Crippen LogP contribution in [0.1, 0.15) is 38.8 Å². The van der Waals surface area contributed by atoms with Crippen LogP contribution in [0.25, 0.3) is 28.2 Å². The molecule has 0 aliphatic rings. The van der Waals surface area contributed by atoms with Crippen LogP contribution in [0.4, 0.5) is 11.5 Å². The molecule has 6 aromatic rings. The molecule has 0 atom stereocenters. The van der Waals surface area contributed by atoms with Gasteiger partial charge in [-0.25, -0.2) is 14.3 Å². The first-order valence-electron chi connectivity index (χ1n) is 16.3. The van der Waals surface area contributed by atoms with Gasteiger partial charge in [-0.1, -0.05) is 35.3 Å². The van der Waals surface area contributed by atoms with Gasteiger partial charge in [0.25, 0.3) is 5.91 Å². The SMILES string of the molecule is CCOC(=O)c1cn(CCOC)nc1-c1cc(Cl)ccc1C.COCCn1cc(NC(=O)c2cnn3ccc(N)nc23)c(-c2cc(Cl)ccc2C)n1. The van der Waals surface area contributed by atoms with Gasteiger partial charge in [-0.05, 0) is 62.2 Å². The number of nitrogens with zero attached hydrogens (tertiary/aromatic N) is 7. The molecule has 0 saturated heterocycles. The molecule has 3 N–H and O–H groups in total. The first-order valence-corrected chi connectivity index (χ1v) is 17.0. The summed E-state index contributed by atoms with van der Waals surface area (Å²) in [5.74, 6) is -0.449. The van der Waals surface area contributed by atoms with Crippen molar-refractivity contribution < 1.29 is 23.8 Å². The number of hydrogen-bond acceptors (Lipinski definition) is 10. The minimum atomic E-state index is -0.388. The molecule has 14 nitrogen and oxygen atoms in total. The van der Waals surface area contributed by atoms with Gasteiger partial charge in [0.2, 0.25) is 0 Å². The Morgan fingerprint density at radius 3 is 2.06 bits per heavy atom. The predicted molar refractivity (Wildman–Crippen MR) is 200 cm³/mol. The highest BCUT2D eigenvalue weighted by Crippen LogP contribution is 2.32. The molecule has 0 bridgehead atoms. The van der Waals surface area contributed by atoms with Crippen LogP contribution >= 0.6 is 23.2 Å². The highest BCUT2D eigenvalue weighted by molar-refractivity contribution is 6.31. The maximum Gasteiger partial charge on any atom is 0.341 e. The number of nitrogens with one attached hydrogen (secondary N) is 1. The highest BCUT2D eigenvalue weighted by Gasteiger charge is 2.22. The smallest absolute Gasteiger partial charge is 0.341 e. The Kier molecular flexibility index (Phi) is 12.6. The molecule has 6 rings (SSSR count). The molecule has 0 unspecified atom stereocenters. The molecular formula is C36H39Cl2N9O5. The van der Waals surface area contributed by atoms with Crippen LogP contribution in [0.3, 0.4) is 0 Å². The number of amides is 1.